The molecule has 1 fully saturated rings. The van der Waals surface area contributed by atoms with E-state index in [0.717, 1.165) is 55.7 Å². The fourth-order valence-corrected chi connectivity index (χ4v) is 5.57. The third-order valence-electron chi connectivity index (χ3n) is 7.40. The molecule has 3 heterocycles. The number of carbonyl (C=O) groups is 2. The number of nitrogens with one attached hydrogen (secondary N) is 1. The van der Waals surface area contributed by atoms with E-state index < -0.39 is 11.4 Å². The highest BCUT2D eigenvalue weighted by Gasteiger charge is 2.37. The van der Waals surface area contributed by atoms with Gasteiger partial charge in [-0.15, -0.1) is 0 Å². The molecule has 0 unspecified atom stereocenters. The Labute approximate surface area is 235 Å². The molecule has 1 amide bonds. The van der Waals surface area contributed by atoms with Gasteiger partial charge < -0.3 is 24.1 Å². The van der Waals surface area contributed by atoms with E-state index in [1.165, 1.54) is 0 Å². The van der Waals surface area contributed by atoms with E-state index in [4.69, 9.17) is 14.2 Å². The molecule has 0 bridgehead atoms. The van der Waals surface area contributed by atoms with Crippen LogP contribution < -0.4 is 4.74 Å². The molecule has 0 radical (unpaired) electrons. The highest BCUT2D eigenvalue weighted by molar-refractivity contribution is 6.18. The van der Waals surface area contributed by atoms with Crippen LogP contribution in [0.25, 0.3) is 16.5 Å². The summed E-state index contributed by atoms with van der Waals surface area (Å²) in [5, 5.41) is 1.03. The molecule has 1 N–H and O–H groups in total. The fraction of sp³-hybridized carbons (Fsp3) is 0.438. The van der Waals surface area contributed by atoms with E-state index in [1.807, 2.05) is 44.2 Å². The normalized spacial score (nSPS) is 17.3. The number of fused-ring (bicyclic) bond motifs is 3. The predicted octanol–water partition coefficient (Wildman–Crippen LogP) is 5.00. The number of amides is 1. The number of H-pyrrole nitrogens is 1. The number of esters is 1. The summed E-state index contributed by atoms with van der Waals surface area (Å²) in [4.78, 5) is 34.7. The zero-order chi connectivity index (χ0) is 28.3. The lowest BCUT2D eigenvalue weighted by molar-refractivity contribution is -0.140. The van der Waals surface area contributed by atoms with Crippen molar-refractivity contribution in [1.29, 1.82) is 0 Å². The van der Waals surface area contributed by atoms with Gasteiger partial charge in [-0.3, -0.25) is 9.69 Å². The van der Waals surface area contributed by atoms with Crippen LogP contribution in [-0.2, 0) is 19.7 Å². The first kappa shape index (κ1) is 27.9. The second kappa shape index (κ2) is 11.9. The average Bonchev–Trinajstić information content (AvgIpc) is 3.28. The number of morpholine rings is 1. The highest BCUT2D eigenvalue weighted by atomic mass is 16.5. The fourth-order valence-electron chi connectivity index (χ4n) is 5.57. The monoisotopic (exact) mass is 545 g/mol. The van der Waals surface area contributed by atoms with Gasteiger partial charge in [-0.1, -0.05) is 38.1 Å². The van der Waals surface area contributed by atoms with Crippen LogP contribution in [0.3, 0.4) is 0 Å². The summed E-state index contributed by atoms with van der Waals surface area (Å²) >= 11 is 0. The molecule has 2 aliphatic rings. The van der Waals surface area contributed by atoms with Gasteiger partial charge in [0.2, 0.25) is 0 Å². The van der Waals surface area contributed by atoms with Gasteiger partial charge in [-0.2, -0.15) is 0 Å². The Kier molecular flexibility index (Phi) is 8.28. The Morgan fingerprint density at radius 2 is 1.85 bits per heavy atom. The van der Waals surface area contributed by atoms with Gasteiger partial charge in [-0.25, -0.2) is 4.79 Å². The van der Waals surface area contributed by atoms with E-state index in [-0.39, 0.29) is 12.0 Å². The molecule has 0 atom stereocenters. The molecule has 5 rings (SSSR count). The van der Waals surface area contributed by atoms with Gasteiger partial charge >= 0.3 is 5.97 Å². The molecular formula is C32H39N3O5. The minimum Gasteiger partial charge on any atom is -0.494 e. The highest BCUT2D eigenvalue weighted by Crippen LogP contribution is 2.40. The van der Waals surface area contributed by atoms with Crippen molar-refractivity contribution in [2.24, 2.45) is 0 Å². The molecule has 8 heteroatoms. The molecule has 212 valence electrons. The Morgan fingerprint density at radius 1 is 1.07 bits per heavy atom. The van der Waals surface area contributed by atoms with Crippen LogP contribution in [0.4, 0.5) is 0 Å². The smallest absolute Gasteiger partial charge is 0.342 e. The lowest BCUT2D eigenvalue weighted by Gasteiger charge is -2.29. The first-order valence-corrected chi connectivity index (χ1v) is 14.1. The summed E-state index contributed by atoms with van der Waals surface area (Å²) < 4.78 is 17.0. The largest absolute Gasteiger partial charge is 0.494 e. The van der Waals surface area contributed by atoms with Crippen molar-refractivity contribution in [3.63, 3.8) is 0 Å². The number of rotatable bonds is 8. The average molecular weight is 546 g/mol. The third-order valence-corrected chi connectivity index (χ3v) is 7.40. The van der Waals surface area contributed by atoms with Crippen LogP contribution in [0.2, 0.25) is 0 Å². The van der Waals surface area contributed by atoms with Crippen molar-refractivity contribution in [1.82, 2.24) is 14.8 Å². The zero-order valence-corrected chi connectivity index (χ0v) is 23.9. The lowest BCUT2D eigenvalue weighted by atomic mass is 9.81. The van der Waals surface area contributed by atoms with Gasteiger partial charge in [0.1, 0.15) is 5.75 Å². The topological polar surface area (TPSA) is 84.1 Å². The summed E-state index contributed by atoms with van der Waals surface area (Å²) in [5.41, 5.74) is 3.04. The molecule has 1 aromatic heterocycles. The number of aromatic nitrogens is 1. The Hall–Kier alpha value is -3.62. The van der Waals surface area contributed by atoms with Crippen molar-refractivity contribution >= 4 is 28.4 Å². The van der Waals surface area contributed by atoms with E-state index in [9.17, 15) is 9.59 Å². The molecule has 0 aliphatic carbocycles. The number of hydrogen-bond acceptors (Lipinski definition) is 6. The molecule has 3 aromatic rings. The maximum atomic E-state index is 13.9. The molecule has 2 aromatic carbocycles. The van der Waals surface area contributed by atoms with Gasteiger partial charge in [0.15, 0.2) is 0 Å². The minimum absolute atomic E-state index is 0.198. The summed E-state index contributed by atoms with van der Waals surface area (Å²) in [7, 11) is 0. The maximum absolute atomic E-state index is 13.9. The lowest BCUT2D eigenvalue weighted by Crippen LogP contribution is -2.37. The van der Waals surface area contributed by atoms with Gasteiger partial charge in [-0.05, 0) is 50.1 Å². The van der Waals surface area contributed by atoms with Crippen molar-refractivity contribution in [3.8, 4) is 5.75 Å². The number of benzene rings is 2. The first-order valence-electron chi connectivity index (χ1n) is 14.1. The van der Waals surface area contributed by atoms with Gasteiger partial charge in [0.25, 0.3) is 5.91 Å². The summed E-state index contributed by atoms with van der Waals surface area (Å²) in [6, 6.07) is 15.3. The number of ether oxygens (including phenoxy) is 3. The summed E-state index contributed by atoms with van der Waals surface area (Å²) in [6.07, 6.45) is 2.25. The molecule has 2 aliphatic heterocycles. The first-order chi connectivity index (χ1) is 19.2. The van der Waals surface area contributed by atoms with Crippen molar-refractivity contribution < 1.29 is 23.8 Å². The molecule has 1 saturated heterocycles. The SMILES string of the molecule is CC(C)OC(=O)C1=CN(C(=O)c2cccc(OCCCN3CCOCC3)c2)CC(C)(C)c2c1[nH]c1ccccc21. The zero-order valence-electron chi connectivity index (χ0n) is 23.9. The van der Waals surface area contributed by atoms with Crippen LogP contribution in [0, 0.1) is 0 Å². The third kappa shape index (κ3) is 6.08. The molecular weight excluding hydrogens is 506 g/mol. The number of hydrogen-bond donors (Lipinski definition) is 1. The van der Waals surface area contributed by atoms with Crippen LogP contribution in [0.15, 0.2) is 54.7 Å². The van der Waals surface area contributed by atoms with Crippen molar-refractivity contribution in [3.05, 3.63) is 71.6 Å². The van der Waals surface area contributed by atoms with Crippen LogP contribution >= 0.6 is 0 Å². The standard InChI is InChI=1S/C32H39N3O5/c1-22(2)40-31(37)26-20-35(21-32(3,4)28-25-11-5-6-12-27(25)33-29(26)28)30(36)23-9-7-10-24(19-23)39-16-8-13-34-14-17-38-18-15-34/h5-7,9-12,19-20,22,33H,8,13-18,21H2,1-4H3. The molecule has 8 nitrogen and oxygen atoms in total. The van der Waals surface area contributed by atoms with Gasteiger partial charge in [0.05, 0.1) is 37.2 Å². The van der Waals surface area contributed by atoms with Gasteiger partial charge in [0, 0.05) is 54.3 Å². The number of nitrogens with zero attached hydrogens (tertiary/aromatic N) is 2. The van der Waals surface area contributed by atoms with E-state index in [2.05, 4.69) is 29.8 Å². The summed E-state index contributed by atoms with van der Waals surface area (Å²) in [6.45, 7) is 13.2. The predicted molar refractivity (Wildman–Crippen MR) is 155 cm³/mol. The van der Waals surface area contributed by atoms with Crippen molar-refractivity contribution in [2.75, 3.05) is 46.0 Å². The maximum Gasteiger partial charge on any atom is 0.342 e. The van der Waals surface area contributed by atoms with E-state index in [1.54, 1.807) is 23.2 Å². The second-order valence-electron chi connectivity index (χ2n) is 11.4. The van der Waals surface area contributed by atoms with Crippen molar-refractivity contribution in [2.45, 2.75) is 45.6 Å². The second-order valence-corrected chi connectivity index (χ2v) is 11.4. The Morgan fingerprint density at radius 3 is 2.62 bits per heavy atom. The quantitative estimate of drug-likeness (QED) is 0.317. The number of para-hydroxylation sites is 1. The Balaban J connectivity index is 1.39. The van der Waals surface area contributed by atoms with Crippen LogP contribution in [0.1, 0.15) is 55.7 Å². The molecule has 0 saturated carbocycles. The molecule has 40 heavy (non-hydrogen) atoms. The molecule has 0 spiro atoms. The van der Waals surface area contributed by atoms with Crippen LogP contribution in [-0.4, -0.2) is 78.8 Å². The Bertz CT molecular complexity index is 1400. The number of carbonyl (C=O) groups excluding carboxylic acids is 2. The van der Waals surface area contributed by atoms with E-state index >= 15 is 0 Å². The van der Waals surface area contributed by atoms with Crippen LogP contribution in [0.5, 0.6) is 5.75 Å². The van der Waals surface area contributed by atoms with E-state index in [0.29, 0.717) is 35.7 Å². The summed E-state index contributed by atoms with van der Waals surface area (Å²) in [5.74, 6) is -0.00616. The number of aromatic amines is 1. The minimum atomic E-state index is -0.462.